The van der Waals surface area contributed by atoms with Gasteiger partial charge in [-0.25, -0.2) is 14.8 Å². The van der Waals surface area contributed by atoms with Crippen LogP contribution in [0.25, 0.3) is 11.0 Å². The Morgan fingerprint density at radius 2 is 1.97 bits per heavy atom. The maximum absolute atomic E-state index is 13.0. The number of nitrogens with zero attached hydrogens (tertiary/aromatic N) is 5. The molecule has 2 aliphatic rings. The second-order valence-corrected chi connectivity index (χ2v) is 8.39. The summed E-state index contributed by atoms with van der Waals surface area (Å²) in [6.07, 6.45) is 3.55. The van der Waals surface area contributed by atoms with E-state index in [-0.39, 0.29) is 12.1 Å². The van der Waals surface area contributed by atoms with Crippen LogP contribution in [0, 0.1) is 18.8 Å². The third-order valence-electron chi connectivity index (χ3n) is 6.42. The Morgan fingerprint density at radius 3 is 2.76 bits per heavy atom. The van der Waals surface area contributed by atoms with E-state index in [2.05, 4.69) is 55.9 Å². The largest absolute Gasteiger partial charge is 0.357 e. The Balaban J connectivity index is 1.51. The summed E-state index contributed by atoms with van der Waals surface area (Å²) in [6, 6.07) is 10.6. The van der Waals surface area contributed by atoms with Gasteiger partial charge in [0.25, 0.3) is 0 Å². The number of rotatable bonds is 2. The Bertz CT molecular complexity index is 1060. The zero-order chi connectivity index (χ0) is 20.1. The number of benzene rings is 1. The summed E-state index contributed by atoms with van der Waals surface area (Å²) >= 11 is 0. The molecule has 2 fully saturated rings. The highest BCUT2D eigenvalue weighted by atomic mass is 16.2. The van der Waals surface area contributed by atoms with Gasteiger partial charge in [-0.3, -0.25) is 0 Å². The second kappa shape index (κ2) is 6.76. The zero-order valence-corrected chi connectivity index (χ0v) is 17.0. The van der Waals surface area contributed by atoms with Gasteiger partial charge in [-0.05, 0) is 24.1 Å². The van der Waals surface area contributed by atoms with Gasteiger partial charge in [0.15, 0.2) is 5.82 Å². The molecular weight excluding hydrogens is 364 g/mol. The average molecular weight is 390 g/mol. The van der Waals surface area contributed by atoms with Gasteiger partial charge in [0, 0.05) is 51.8 Å². The van der Waals surface area contributed by atoms with Gasteiger partial charge in [0.1, 0.15) is 11.8 Å². The van der Waals surface area contributed by atoms with Crippen LogP contribution in [0.1, 0.15) is 17.2 Å². The van der Waals surface area contributed by atoms with E-state index in [0.717, 1.165) is 36.5 Å². The molecule has 0 radical (unpaired) electrons. The first kappa shape index (κ1) is 18.0. The summed E-state index contributed by atoms with van der Waals surface area (Å²) in [5, 5.41) is 0. The van der Waals surface area contributed by atoms with Crippen molar-refractivity contribution in [3.8, 4) is 0 Å². The maximum atomic E-state index is 13.0. The Labute approximate surface area is 170 Å². The minimum Gasteiger partial charge on any atom is -0.357 e. The van der Waals surface area contributed by atoms with Crippen molar-refractivity contribution in [2.24, 2.45) is 11.8 Å². The van der Waals surface area contributed by atoms with E-state index in [1.54, 1.807) is 11.2 Å². The van der Waals surface area contributed by atoms with Gasteiger partial charge in [0.05, 0.1) is 11.6 Å². The number of nitrogens with one attached hydrogen (secondary N) is 1. The van der Waals surface area contributed by atoms with Gasteiger partial charge in [0.2, 0.25) is 0 Å². The van der Waals surface area contributed by atoms with Crippen molar-refractivity contribution in [3.63, 3.8) is 0 Å². The number of carbonyl (C=O) groups is 1. The number of amides is 2. The van der Waals surface area contributed by atoms with Crippen molar-refractivity contribution >= 4 is 22.9 Å². The highest BCUT2D eigenvalue weighted by Crippen LogP contribution is 2.47. The van der Waals surface area contributed by atoms with E-state index in [1.807, 2.05) is 26.4 Å². The van der Waals surface area contributed by atoms with E-state index in [0.29, 0.717) is 11.8 Å². The molecule has 29 heavy (non-hydrogen) atoms. The molecule has 1 aromatic carbocycles. The lowest BCUT2D eigenvalue weighted by Crippen LogP contribution is -2.41. The first-order valence-corrected chi connectivity index (χ1v) is 10.1. The Hall–Kier alpha value is -3.09. The summed E-state index contributed by atoms with van der Waals surface area (Å²) in [6.45, 7) is 4.69. The molecule has 0 bridgehead atoms. The number of hydrogen-bond acceptors (Lipinski definition) is 4. The van der Waals surface area contributed by atoms with Crippen LogP contribution in [0.4, 0.5) is 10.6 Å². The van der Waals surface area contributed by atoms with E-state index >= 15 is 0 Å². The molecule has 0 aliphatic carbocycles. The number of aromatic nitrogens is 3. The molecule has 2 amide bonds. The highest BCUT2D eigenvalue weighted by Gasteiger charge is 2.50. The van der Waals surface area contributed by atoms with E-state index < -0.39 is 0 Å². The molecule has 0 unspecified atom stereocenters. The van der Waals surface area contributed by atoms with Crippen LogP contribution in [0.15, 0.2) is 42.9 Å². The van der Waals surface area contributed by atoms with Gasteiger partial charge in [-0.1, -0.05) is 24.3 Å². The fraction of sp³-hybridized carbons (Fsp3) is 0.409. The van der Waals surface area contributed by atoms with Gasteiger partial charge >= 0.3 is 6.03 Å². The number of carbonyl (C=O) groups excluding carboxylic acids is 1. The van der Waals surface area contributed by atoms with Crippen molar-refractivity contribution in [1.29, 1.82) is 0 Å². The molecule has 0 saturated carbocycles. The fourth-order valence-electron chi connectivity index (χ4n) is 5.09. The smallest absolute Gasteiger partial charge is 0.320 e. The maximum Gasteiger partial charge on any atom is 0.320 e. The number of anilines is 1. The molecule has 3 aromatic rings. The topological polar surface area (TPSA) is 68.4 Å². The molecule has 0 spiro atoms. The summed E-state index contributed by atoms with van der Waals surface area (Å²) in [5.41, 5.74) is 4.42. The Kier molecular flexibility index (Phi) is 4.19. The molecule has 7 heteroatoms. The van der Waals surface area contributed by atoms with Crippen molar-refractivity contribution in [2.45, 2.75) is 13.0 Å². The predicted molar refractivity (Wildman–Crippen MR) is 113 cm³/mol. The van der Waals surface area contributed by atoms with Crippen molar-refractivity contribution < 1.29 is 4.79 Å². The van der Waals surface area contributed by atoms with E-state index in [4.69, 9.17) is 0 Å². The fourth-order valence-corrected chi connectivity index (χ4v) is 5.09. The zero-order valence-electron chi connectivity index (χ0n) is 17.0. The standard InChI is InChI=1S/C22H26N6O/c1-14-6-4-5-7-16(14)20-17-12-27(10-15(17)11-28(20)22(29)26(2)3)21-19-18(8-9-23-19)24-13-25-21/h4-9,13,15,17,20,23H,10-12H2,1-3H3/t15-,17-,20+/m1/s1. The predicted octanol–water partition coefficient (Wildman–Crippen LogP) is 3.06. The third-order valence-corrected chi connectivity index (χ3v) is 6.42. The number of aryl methyl sites for hydroxylation is 1. The first-order chi connectivity index (χ1) is 14.0. The number of urea groups is 1. The molecule has 2 saturated heterocycles. The number of fused-ring (bicyclic) bond motifs is 2. The SMILES string of the molecule is Cc1ccccc1[C@H]1[C@@H]2CN(c3ncnc4cc[nH]c34)C[C@@H]2CN1C(=O)N(C)C. The van der Waals surface area contributed by atoms with Crippen LogP contribution in [0.2, 0.25) is 0 Å². The number of likely N-dealkylation sites (tertiary alicyclic amines) is 1. The van der Waals surface area contributed by atoms with Crippen molar-refractivity contribution in [3.05, 3.63) is 54.0 Å². The van der Waals surface area contributed by atoms with Crippen molar-refractivity contribution in [1.82, 2.24) is 24.8 Å². The van der Waals surface area contributed by atoms with Crippen LogP contribution in [0.3, 0.4) is 0 Å². The molecule has 7 nitrogen and oxygen atoms in total. The summed E-state index contributed by atoms with van der Waals surface area (Å²) in [7, 11) is 3.67. The minimum atomic E-state index is 0.0852. The van der Waals surface area contributed by atoms with Gasteiger partial charge in [-0.2, -0.15) is 0 Å². The summed E-state index contributed by atoms with van der Waals surface area (Å²) in [4.78, 5) is 31.3. The summed E-state index contributed by atoms with van der Waals surface area (Å²) in [5.74, 6) is 1.76. The summed E-state index contributed by atoms with van der Waals surface area (Å²) < 4.78 is 0. The molecule has 2 aliphatic heterocycles. The van der Waals surface area contributed by atoms with Crippen molar-refractivity contribution in [2.75, 3.05) is 38.6 Å². The number of aromatic amines is 1. The molecule has 3 atom stereocenters. The molecule has 5 rings (SSSR count). The van der Waals surface area contributed by atoms with E-state index in [9.17, 15) is 4.79 Å². The lowest BCUT2D eigenvalue weighted by atomic mass is 9.88. The van der Waals surface area contributed by atoms with Gasteiger partial charge in [-0.15, -0.1) is 0 Å². The lowest BCUT2D eigenvalue weighted by molar-refractivity contribution is 0.159. The quantitative estimate of drug-likeness (QED) is 0.730. The average Bonchev–Trinajstić information content (AvgIpc) is 3.41. The number of H-pyrrole nitrogens is 1. The lowest BCUT2D eigenvalue weighted by Gasteiger charge is -2.32. The highest BCUT2D eigenvalue weighted by molar-refractivity contribution is 5.86. The monoisotopic (exact) mass is 390 g/mol. The number of hydrogen-bond donors (Lipinski definition) is 1. The Morgan fingerprint density at radius 1 is 1.14 bits per heavy atom. The van der Waals surface area contributed by atoms with E-state index in [1.165, 1.54) is 11.1 Å². The van der Waals surface area contributed by atoms with Crippen LogP contribution in [-0.2, 0) is 0 Å². The second-order valence-electron chi connectivity index (χ2n) is 8.39. The van der Waals surface area contributed by atoms with Crippen LogP contribution in [-0.4, -0.2) is 64.5 Å². The van der Waals surface area contributed by atoms with Crippen LogP contribution in [0.5, 0.6) is 0 Å². The third kappa shape index (κ3) is 2.84. The van der Waals surface area contributed by atoms with Crippen LogP contribution < -0.4 is 4.90 Å². The normalized spacial score (nSPS) is 23.6. The molecule has 150 valence electrons. The molecule has 4 heterocycles. The molecule has 1 N–H and O–H groups in total. The van der Waals surface area contributed by atoms with Crippen LogP contribution >= 0.6 is 0 Å². The van der Waals surface area contributed by atoms with Gasteiger partial charge < -0.3 is 19.7 Å². The minimum absolute atomic E-state index is 0.0852. The molecule has 2 aromatic heterocycles. The first-order valence-electron chi connectivity index (χ1n) is 10.1. The molecular formula is C22H26N6O.